The summed E-state index contributed by atoms with van der Waals surface area (Å²) in [7, 11) is 0. The molecule has 1 heterocycles. The van der Waals surface area contributed by atoms with E-state index < -0.39 is 17.3 Å². The van der Waals surface area contributed by atoms with Crippen molar-refractivity contribution in [1.82, 2.24) is 8.94 Å². The van der Waals surface area contributed by atoms with E-state index in [1.807, 2.05) is 6.07 Å². The Kier molecular flexibility index (Phi) is 4.35. The summed E-state index contributed by atoms with van der Waals surface area (Å²) in [4.78, 5) is 15.8. The molecule has 24 heavy (non-hydrogen) atoms. The van der Waals surface area contributed by atoms with Gasteiger partial charge in [-0.25, -0.2) is 17.5 Å². The summed E-state index contributed by atoms with van der Waals surface area (Å²) in [6, 6.07) is 12.2. The maximum Gasteiger partial charge on any atom is 0.360 e. The van der Waals surface area contributed by atoms with Crippen LogP contribution in [0.4, 0.5) is 19.6 Å². The van der Waals surface area contributed by atoms with Gasteiger partial charge in [-0.1, -0.05) is 6.07 Å². The van der Waals surface area contributed by atoms with Crippen LogP contribution in [-0.4, -0.2) is 8.94 Å². The Labute approximate surface area is 139 Å². The molecule has 8 heteroatoms. The highest BCUT2D eigenvalue weighted by atomic mass is 32.1. The summed E-state index contributed by atoms with van der Waals surface area (Å²) < 4.78 is 27.5. The molecule has 5 nitrogen and oxygen atoms in total. The highest BCUT2D eigenvalue weighted by Crippen LogP contribution is 2.19. The molecule has 120 valence electrons. The number of hydrogen-bond donors (Lipinski definition) is 1. The van der Waals surface area contributed by atoms with E-state index in [1.165, 1.54) is 10.0 Å². The minimum Gasteiger partial charge on any atom is -0.330 e. The molecular formula is C16H10F2N4OS. The number of aromatic nitrogens is 2. The molecule has 0 saturated heterocycles. The fourth-order valence-corrected chi connectivity index (χ4v) is 2.84. The first-order valence-electron chi connectivity index (χ1n) is 6.84. The molecule has 0 amide bonds. The minimum absolute atomic E-state index is 0.1000. The smallest absolute Gasteiger partial charge is 0.330 e. The Morgan fingerprint density at radius 2 is 1.92 bits per heavy atom. The summed E-state index contributed by atoms with van der Waals surface area (Å²) in [5.41, 5.74) is 1.19. The second-order valence-electron chi connectivity index (χ2n) is 4.89. The molecule has 2 aromatic carbocycles. The number of benzene rings is 2. The van der Waals surface area contributed by atoms with Gasteiger partial charge in [-0.05, 0) is 53.5 Å². The molecule has 0 aliphatic carbocycles. The molecule has 0 fully saturated rings. The van der Waals surface area contributed by atoms with E-state index in [4.69, 9.17) is 5.26 Å². The van der Waals surface area contributed by atoms with Gasteiger partial charge in [0, 0.05) is 5.69 Å². The number of nitrogens with zero attached hydrogens (tertiary/aromatic N) is 3. The van der Waals surface area contributed by atoms with Crippen LogP contribution in [0, 0.1) is 23.0 Å². The van der Waals surface area contributed by atoms with Gasteiger partial charge in [0.25, 0.3) is 0 Å². The first-order chi connectivity index (χ1) is 11.5. The lowest BCUT2D eigenvalue weighted by atomic mass is 10.2. The van der Waals surface area contributed by atoms with Crippen molar-refractivity contribution in [2.75, 3.05) is 5.32 Å². The Morgan fingerprint density at radius 1 is 1.17 bits per heavy atom. The highest BCUT2D eigenvalue weighted by Gasteiger charge is 2.09. The van der Waals surface area contributed by atoms with Crippen LogP contribution >= 0.6 is 11.5 Å². The van der Waals surface area contributed by atoms with Crippen molar-refractivity contribution < 1.29 is 8.78 Å². The minimum atomic E-state index is -0.957. The molecule has 0 unspecified atom stereocenters. The van der Waals surface area contributed by atoms with Gasteiger partial charge in [0.05, 0.1) is 18.2 Å². The van der Waals surface area contributed by atoms with E-state index in [2.05, 4.69) is 10.3 Å². The highest BCUT2D eigenvalue weighted by molar-refractivity contribution is 7.10. The molecular weight excluding hydrogens is 334 g/mol. The predicted octanol–water partition coefficient (Wildman–Crippen LogP) is 3.25. The van der Waals surface area contributed by atoms with E-state index in [-0.39, 0.29) is 6.54 Å². The third-order valence-electron chi connectivity index (χ3n) is 3.18. The third kappa shape index (κ3) is 3.47. The first-order valence-corrected chi connectivity index (χ1v) is 7.62. The van der Waals surface area contributed by atoms with Gasteiger partial charge in [-0.3, -0.25) is 0 Å². The molecule has 0 atom stereocenters. The maximum absolute atomic E-state index is 13.2. The average Bonchev–Trinajstić information content (AvgIpc) is 2.91. The summed E-state index contributed by atoms with van der Waals surface area (Å²) in [6.45, 7) is 0.1000. The van der Waals surface area contributed by atoms with Gasteiger partial charge >= 0.3 is 5.69 Å². The van der Waals surface area contributed by atoms with Crippen molar-refractivity contribution in [3.63, 3.8) is 0 Å². The van der Waals surface area contributed by atoms with E-state index in [9.17, 15) is 13.6 Å². The van der Waals surface area contributed by atoms with E-state index in [0.29, 0.717) is 21.9 Å². The fraction of sp³-hybridized carbons (Fsp3) is 0.0625. The van der Waals surface area contributed by atoms with Crippen LogP contribution in [0.5, 0.6) is 0 Å². The summed E-state index contributed by atoms with van der Waals surface area (Å²) in [5, 5.41) is 12.1. The largest absolute Gasteiger partial charge is 0.360 e. The average molecular weight is 344 g/mol. The van der Waals surface area contributed by atoms with Gasteiger partial charge < -0.3 is 5.32 Å². The second-order valence-corrected chi connectivity index (χ2v) is 5.90. The standard InChI is InChI=1S/C16H10F2N4OS/c17-13-6-3-11(7-14(13)18)9-22-16(23)21-15(24-22)20-12-4-1-10(8-19)2-5-12/h1-7H,9H2,(H,20,21,23). The molecule has 1 N–H and O–H groups in total. The van der Waals surface area contributed by atoms with Crippen LogP contribution in [-0.2, 0) is 6.54 Å². The van der Waals surface area contributed by atoms with Gasteiger partial charge in [-0.15, -0.1) is 0 Å². The normalized spacial score (nSPS) is 10.4. The van der Waals surface area contributed by atoms with E-state index >= 15 is 0 Å². The van der Waals surface area contributed by atoms with Crippen molar-refractivity contribution in [1.29, 1.82) is 5.26 Å². The summed E-state index contributed by atoms with van der Waals surface area (Å²) in [6.07, 6.45) is 0. The van der Waals surface area contributed by atoms with Crippen LogP contribution < -0.4 is 11.0 Å². The van der Waals surface area contributed by atoms with Gasteiger partial charge in [-0.2, -0.15) is 10.2 Å². The molecule has 0 aliphatic heterocycles. The van der Waals surface area contributed by atoms with Gasteiger partial charge in [0.15, 0.2) is 11.6 Å². The van der Waals surface area contributed by atoms with Crippen molar-refractivity contribution >= 4 is 22.4 Å². The Balaban J connectivity index is 1.78. The van der Waals surface area contributed by atoms with Crippen molar-refractivity contribution in [3.8, 4) is 6.07 Å². The summed E-state index contributed by atoms with van der Waals surface area (Å²) >= 11 is 1.07. The van der Waals surface area contributed by atoms with E-state index in [1.54, 1.807) is 24.3 Å². The number of halogens is 2. The number of anilines is 2. The molecule has 3 aromatic rings. The predicted molar refractivity (Wildman–Crippen MR) is 86.3 cm³/mol. The van der Waals surface area contributed by atoms with Crippen LogP contribution in [0.15, 0.2) is 47.3 Å². The van der Waals surface area contributed by atoms with Gasteiger partial charge in [0.1, 0.15) is 0 Å². The maximum atomic E-state index is 13.2. The van der Waals surface area contributed by atoms with Gasteiger partial charge in [0.2, 0.25) is 5.13 Å². The molecule has 0 bridgehead atoms. The number of hydrogen-bond acceptors (Lipinski definition) is 5. The number of rotatable bonds is 4. The zero-order chi connectivity index (χ0) is 17.1. The van der Waals surface area contributed by atoms with Crippen LogP contribution in [0.3, 0.4) is 0 Å². The number of nitriles is 1. The topological polar surface area (TPSA) is 70.7 Å². The second kappa shape index (κ2) is 6.60. The Bertz CT molecular complexity index is 973. The monoisotopic (exact) mass is 344 g/mol. The first kappa shape index (κ1) is 15.8. The lowest BCUT2D eigenvalue weighted by Crippen LogP contribution is -2.15. The van der Waals surface area contributed by atoms with Crippen molar-refractivity contribution in [2.45, 2.75) is 6.54 Å². The number of nitrogens with one attached hydrogen (secondary N) is 1. The van der Waals surface area contributed by atoms with Crippen LogP contribution in [0.2, 0.25) is 0 Å². The lowest BCUT2D eigenvalue weighted by Gasteiger charge is -2.02. The molecule has 0 saturated carbocycles. The van der Waals surface area contributed by atoms with Crippen molar-refractivity contribution in [2.24, 2.45) is 0 Å². The van der Waals surface area contributed by atoms with Crippen LogP contribution in [0.25, 0.3) is 0 Å². The van der Waals surface area contributed by atoms with Crippen molar-refractivity contribution in [3.05, 3.63) is 75.7 Å². The SMILES string of the molecule is N#Cc1ccc(Nc2nc(=O)n(Cc3ccc(F)c(F)c3)s2)cc1. The Morgan fingerprint density at radius 3 is 2.58 bits per heavy atom. The molecule has 1 aromatic heterocycles. The molecule has 0 aliphatic rings. The molecule has 3 rings (SSSR count). The lowest BCUT2D eigenvalue weighted by molar-refractivity contribution is 0.506. The van der Waals surface area contributed by atoms with E-state index in [0.717, 1.165) is 23.7 Å². The summed E-state index contributed by atoms with van der Waals surface area (Å²) in [5.74, 6) is -1.89. The zero-order valence-electron chi connectivity index (χ0n) is 12.2. The quantitative estimate of drug-likeness (QED) is 0.789. The zero-order valence-corrected chi connectivity index (χ0v) is 13.0. The molecule has 0 spiro atoms. The fourth-order valence-electron chi connectivity index (χ4n) is 2.01. The third-order valence-corrected chi connectivity index (χ3v) is 4.05. The molecule has 0 radical (unpaired) electrons. The Hall–Kier alpha value is -3.05. The van der Waals surface area contributed by atoms with Crippen LogP contribution in [0.1, 0.15) is 11.1 Å².